The van der Waals surface area contributed by atoms with Crippen LogP contribution in [0, 0.1) is 11.6 Å². The molecule has 1 saturated heterocycles. The summed E-state index contributed by atoms with van der Waals surface area (Å²) in [4.78, 5) is 12.7. The number of benzene rings is 2. The van der Waals surface area contributed by atoms with Crippen LogP contribution in [0.1, 0.15) is 0 Å². The number of pyridine rings is 1. The molecule has 3 atom stereocenters. The predicted molar refractivity (Wildman–Crippen MR) is 129 cm³/mol. The molecular formula is C24H21F2N5O4S. The largest absolute Gasteiger partial charge is 0.483 e. The number of hydrogen-bond acceptors (Lipinski definition) is 9. The number of aliphatic hydroxyl groups is 1. The molecule has 1 aliphatic heterocycles. The van der Waals surface area contributed by atoms with E-state index in [0.29, 0.717) is 10.6 Å². The van der Waals surface area contributed by atoms with Gasteiger partial charge in [0.2, 0.25) is 0 Å². The average Bonchev–Trinajstić information content (AvgIpc) is 3.25. The van der Waals surface area contributed by atoms with E-state index in [1.165, 1.54) is 43.2 Å². The molecule has 2 aromatic heterocycles. The standard InChI is InChI=1S/C24H21F2N5O4S/c1-36(33,16-4-6-27-7-5-16)31-15-9-17(26)23-19(10-15)28-13-29-24(23)30-18-3-2-14(25)8-21(18)35-22-12-34-11-20(22)32/h2-10,13,20,22,32H,11-12H2,1H3,(H,28,29,30)/t20-,22-,36?/m0/s1. The van der Waals surface area contributed by atoms with Crippen LogP contribution in [0.4, 0.5) is 26.0 Å². The number of fused-ring (bicyclic) bond motifs is 1. The van der Waals surface area contributed by atoms with Gasteiger partial charge in [-0.1, -0.05) is 0 Å². The summed E-state index contributed by atoms with van der Waals surface area (Å²) in [6, 6.07) is 9.62. The van der Waals surface area contributed by atoms with Crippen molar-refractivity contribution in [2.45, 2.75) is 17.1 Å². The van der Waals surface area contributed by atoms with Crippen LogP contribution >= 0.6 is 0 Å². The van der Waals surface area contributed by atoms with Gasteiger partial charge in [0.15, 0.2) is 6.10 Å². The molecule has 9 nitrogen and oxygen atoms in total. The Hall–Kier alpha value is -3.74. The molecule has 5 rings (SSSR count). The van der Waals surface area contributed by atoms with Gasteiger partial charge in [-0.25, -0.2) is 23.0 Å². The van der Waals surface area contributed by atoms with Gasteiger partial charge in [-0.05, 0) is 30.3 Å². The first-order chi connectivity index (χ1) is 17.3. The molecule has 4 aromatic rings. The molecule has 1 fully saturated rings. The molecule has 0 bridgehead atoms. The summed E-state index contributed by atoms with van der Waals surface area (Å²) in [6.07, 6.45) is 4.17. The molecular weight excluding hydrogens is 492 g/mol. The Morgan fingerprint density at radius 1 is 1.14 bits per heavy atom. The third-order valence-corrected chi connectivity index (χ3v) is 7.22. The maximum Gasteiger partial charge on any atom is 0.150 e. The minimum absolute atomic E-state index is 0.0578. The lowest BCUT2D eigenvalue weighted by Gasteiger charge is -2.19. The van der Waals surface area contributed by atoms with Gasteiger partial charge in [-0.15, -0.1) is 0 Å². The minimum Gasteiger partial charge on any atom is -0.483 e. The molecule has 0 aliphatic carbocycles. The second kappa shape index (κ2) is 9.72. The molecule has 2 N–H and O–H groups in total. The maximum absolute atomic E-state index is 15.3. The van der Waals surface area contributed by atoms with Crippen molar-refractivity contribution in [2.75, 3.05) is 24.8 Å². The van der Waals surface area contributed by atoms with Crippen molar-refractivity contribution in [3.63, 3.8) is 0 Å². The van der Waals surface area contributed by atoms with E-state index in [9.17, 15) is 13.7 Å². The summed E-state index contributed by atoms with van der Waals surface area (Å²) >= 11 is 0. The molecule has 1 unspecified atom stereocenters. The van der Waals surface area contributed by atoms with Crippen LogP contribution in [-0.2, 0) is 14.5 Å². The SMILES string of the molecule is CS(=O)(=Nc1cc(F)c2c(Nc3ccc(F)cc3O[C@H]3COC[C@@H]3O)ncnc2c1)c1ccncc1. The fourth-order valence-electron chi connectivity index (χ4n) is 3.74. The van der Waals surface area contributed by atoms with Crippen molar-refractivity contribution in [1.29, 1.82) is 0 Å². The molecule has 0 spiro atoms. The highest BCUT2D eigenvalue weighted by molar-refractivity contribution is 7.93. The van der Waals surface area contributed by atoms with Gasteiger partial charge in [0.25, 0.3) is 0 Å². The van der Waals surface area contributed by atoms with E-state index >= 15 is 4.39 Å². The molecule has 3 heterocycles. The summed E-state index contributed by atoms with van der Waals surface area (Å²) in [7, 11) is -2.86. The number of nitrogens with zero attached hydrogens (tertiary/aromatic N) is 4. The lowest BCUT2D eigenvalue weighted by molar-refractivity contribution is 0.0736. The van der Waals surface area contributed by atoms with Crippen molar-refractivity contribution in [2.24, 2.45) is 4.36 Å². The van der Waals surface area contributed by atoms with Crippen LogP contribution in [0.2, 0.25) is 0 Å². The quantitative estimate of drug-likeness (QED) is 0.398. The molecule has 2 aromatic carbocycles. The van der Waals surface area contributed by atoms with Gasteiger partial charge in [0, 0.05) is 30.8 Å². The van der Waals surface area contributed by atoms with Crippen LogP contribution in [0.3, 0.4) is 0 Å². The second-order valence-electron chi connectivity index (χ2n) is 8.15. The number of anilines is 2. The predicted octanol–water partition coefficient (Wildman–Crippen LogP) is 3.97. The lowest BCUT2D eigenvalue weighted by atomic mass is 10.2. The normalized spacial score (nSPS) is 19.1. The summed E-state index contributed by atoms with van der Waals surface area (Å²) in [5.74, 6) is -1.03. The Labute approximate surface area is 205 Å². The van der Waals surface area contributed by atoms with Gasteiger partial charge >= 0.3 is 0 Å². The van der Waals surface area contributed by atoms with E-state index in [2.05, 4.69) is 24.6 Å². The van der Waals surface area contributed by atoms with Crippen LogP contribution in [0.25, 0.3) is 10.9 Å². The highest BCUT2D eigenvalue weighted by Gasteiger charge is 2.29. The number of hydrogen-bond donors (Lipinski definition) is 2. The highest BCUT2D eigenvalue weighted by Crippen LogP contribution is 2.34. The maximum atomic E-state index is 15.3. The number of nitrogens with one attached hydrogen (secondary N) is 1. The Bertz CT molecular complexity index is 1550. The summed E-state index contributed by atoms with van der Waals surface area (Å²) in [5.41, 5.74) is 0.674. The molecule has 186 valence electrons. The zero-order chi connectivity index (χ0) is 25.3. The molecule has 1 aliphatic rings. The number of ether oxygens (including phenoxy) is 2. The van der Waals surface area contributed by atoms with Crippen molar-refractivity contribution in [3.05, 3.63) is 72.8 Å². The zero-order valence-corrected chi connectivity index (χ0v) is 19.8. The first-order valence-corrected chi connectivity index (χ1v) is 12.8. The fraction of sp³-hybridized carbons (Fsp3) is 0.208. The Kier molecular flexibility index (Phi) is 6.48. The fourth-order valence-corrected chi connectivity index (χ4v) is 4.98. The van der Waals surface area contributed by atoms with Crippen molar-refractivity contribution in [1.82, 2.24) is 15.0 Å². The minimum atomic E-state index is -2.86. The van der Waals surface area contributed by atoms with E-state index in [-0.39, 0.29) is 41.4 Å². The van der Waals surface area contributed by atoms with Gasteiger partial charge in [-0.3, -0.25) is 4.98 Å². The third-order valence-electron chi connectivity index (χ3n) is 5.52. The van der Waals surface area contributed by atoms with E-state index in [1.807, 2.05) is 0 Å². The first-order valence-electron chi connectivity index (χ1n) is 10.9. The van der Waals surface area contributed by atoms with E-state index in [0.717, 1.165) is 12.1 Å². The van der Waals surface area contributed by atoms with Crippen molar-refractivity contribution >= 4 is 37.8 Å². The summed E-state index contributed by atoms with van der Waals surface area (Å²) in [6.45, 7) is 0.262. The first kappa shape index (κ1) is 24.0. The highest BCUT2D eigenvalue weighted by atomic mass is 32.2. The van der Waals surface area contributed by atoms with E-state index in [1.54, 1.807) is 12.1 Å². The van der Waals surface area contributed by atoms with Crippen LogP contribution < -0.4 is 10.1 Å². The monoisotopic (exact) mass is 513 g/mol. The third kappa shape index (κ3) is 4.96. The van der Waals surface area contributed by atoms with E-state index in [4.69, 9.17) is 9.47 Å². The number of aliphatic hydroxyl groups excluding tert-OH is 1. The number of aromatic nitrogens is 3. The smallest absolute Gasteiger partial charge is 0.150 e. The van der Waals surface area contributed by atoms with Crippen LogP contribution in [0.5, 0.6) is 5.75 Å². The number of rotatable bonds is 6. The summed E-state index contributed by atoms with van der Waals surface area (Å²) in [5, 5.41) is 13.0. The lowest BCUT2D eigenvalue weighted by Crippen LogP contribution is -2.30. The molecule has 0 amide bonds. The van der Waals surface area contributed by atoms with Crippen molar-refractivity contribution in [3.8, 4) is 5.75 Å². The zero-order valence-electron chi connectivity index (χ0n) is 19.0. The van der Waals surface area contributed by atoms with Crippen LogP contribution in [-0.4, -0.2) is 55.9 Å². The Morgan fingerprint density at radius 3 is 2.69 bits per heavy atom. The van der Waals surface area contributed by atoms with Gasteiger partial charge in [0.1, 0.15) is 35.6 Å². The topological polar surface area (TPSA) is 119 Å². The molecule has 36 heavy (non-hydrogen) atoms. The molecule has 0 saturated carbocycles. The average molecular weight is 514 g/mol. The van der Waals surface area contributed by atoms with Crippen molar-refractivity contribution < 1.29 is 27.6 Å². The number of halogens is 2. The van der Waals surface area contributed by atoms with Gasteiger partial charge in [0.05, 0.1) is 50.1 Å². The van der Waals surface area contributed by atoms with Gasteiger partial charge < -0.3 is 19.9 Å². The second-order valence-corrected chi connectivity index (χ2v) is 10.4. The Balaban J connectivity index is 1.51. The molecule has 12 heteroatoms. The van der Waals surface area contributed by atoms with Gasteiger partial charge in [-0.2, -0.15) is 4.36 Å². The molecule has 0 radical (unpaired) electrons. The Morgan fingerprint density at radius 2 is 1.94 bits per heavy atom. The van der Waals surface area contributed by atoms with Crippen LogP contribution in [0.15, 0.2) is 70.4 Å². The summed E-state index contributed by atoms with van der Waals surface area (Å²) < 4.78 is 57.6. The van der Waals surface area contributed by atoms with E-state index < -0.39 is 33.6 Å².